The first-order valence-electron chi connectivity index (χ1n) is 7.03. The molecule has 2 aromatic carbocycles. The van der Waals surface area contributed by atoms with Crippen LogP contribution >= 0.6 is 0 Å². The van der Waals surface area contributed by atoms with Crippen LogP contribution in [0.1, 0.15) is 25.5 Å². The number of sulfonamides is 1. The summed E-state index contributed by atoms with van der Waals surface area (Å²) < 4.78 is 58.5. The van der Waals surface area contributed by atoms with Crippen LogP contribution in [0.2, 0.25) is 0 Å². The van der Waals surface area contributed by atoms with Crippen LogP contribution < -0.4 is 9.46 Å². The van der Waals surface area contributed by atoms with Crippen LogP contribution in [-0.4, -0.2) is 15.0 Å². The summed E-state index contributed by atoms with van der Waals surface area (Å²) in [6.07, 6.45) is 0. The quantitative estimate of drug-likeness (QED) is 0.876. The lowest BCUT2D eigenvalue weighted by atomic mass is 10.1. The van der Waals surface area contributed by atoms with Crippen molar-refractivity contribution in [1.82, 2.24) is 4.72 Å². The second-order valence-electron chi connectivity index (χ2n) is 4.92. The molecule has 1 N–H and O–H groups in total. The van der Waals surface area contributed by atoms with Crippen molar-refractivity contribution in [1.29, 1.82) is 0 Å². The van der Waals surface area contributed by atoms with Crippen LogP contribution in [0.25, 0.3) is 0 Å². The topological polar surface area (TPSA) is 55.4 Å². The van der Waals surface area contributed by atoms with E-state index >= 15 is 0 Å². The third kappa shape index (κ3) is 4.27. The van der Waals surface area contributed by atoms with Gasteiger partial charge >= 0.3 is 0 Å². The second kappa shape index (κ2) is 7.06. The minimum absolute atomic E-state index is 0.0652. The van der Waals surface area contributed by atoms with E-state index in [0.29, 0.717) is 17.9 Å². The first-order valence-corrected chi connectivity index (χ1v) is 8.52. The Kier molecular flexibility index (Phi) is 5.33. The molecule has 0 aliphatic heterocycles. The van der Waals surface area contributed by atoms with Crippen LogP contribution in [0.5, 0.6) is 5.75 Å². The fraction of sp³-hybridized carbons (Fsp3) is 0.250. The van der Waals surface area contributed by atoms with Crippen LogP contribution in [0.4, 0.5) is 8.78 Å². The van der Waals surface area contributed by atoms with Crippen molar-refractivity contribution in [3.8, 4) is 5.75 Å². The van der Waals surface area contributed by atoms with Crippen molar-refractivity contribution in [2.75, 3.05) is 6.61 Å². The van der Waals surface area contributed by atoms with Gasteiger partial charge in [-0.05, 0) is 55.8 Å². The van der Waals surface area contributed by atoms with Gasteiger partial charge in [0.1, 0.15) is 5.75 Å². The molecule has 0 radical (unpaired) electrons. The largest absolute Gasteiger partial charge is 0.494 e. The molecule has 0 heterocycles. The number of ether oxygens (including phenoxy) is 1. The minimum atomic E-state index is -3.78. The Bertz CT molecular complexity index is 776. The summed E-state index contributed by atoms with van der Waals surface area (Å²) in [4.78, 5) is 0.0652. The number of hydrogen-bond acceptors (Lipinski definition) is 3. The molecule has 0 fully saturated rings. The van der Waals surface area contributed by atoms with Crippen molar-refractivity contribution in [2.45, 2.75) is 24.8 Å². The van der Waals surface area contributed by atoms with E-state index in [2.05, 4.69) is 4.72 Å². The lowest BCUT2D eigenvalue weighted by molar-refractivity contribution is 0.340. The minimum Gasteiger partial charge on any atom is -0.494 e. The van der Waals surface area contributed by atoms with Crippen LogP contribution in [0, 0.1) is 11.6 Å². The highest BCUT2D eigenvalue weighted by molar-refractivity contribution is 7.89. The number of halogens is 2. The van der Waals surface area contributed by atoms with Crippen molar-refractivity contribution in [2.24, 2.45) is 0 Å². The summed E-state index contributed by atoms with van der Waals surface area (Å²) in [6, 6.07) is 8.52. The van der Waals surface area contributed by atoms with Crippen molar-refractivity contribution in [3.05, 3.63) is 59.7 Å². The normalized spacial score (nSPS) is 12.9. The third-order valence-corrected chi connectivity index (χ3v) is 4.78. The molecule has 1 atom stereocenters. The number of hydrogen-bond donors (Lipinski definition) is 1. The Morgan fingerprint density at radius 3 is 2.30 bits per heavy atom. The Morgan fingerprint density at radius 2 is 1.74 bits per heavy atom. The molecule has 124 valence electrons. The van der Waals surface area contributed by atoms with E-state index in [1.54, 1.807) is 19.1 Å². The Labute approximate surface area is 134 Å². The lowest BCUT2D eigenvalue weighted by Crippen LogP contribution is -2.27. The van der Waals surface area contributed by atoms with Crippen molar-refractivity contribution < 1.29 is 21.9 Å². The van der Waals surface area contributed by atoms with Crippen LogP contribution in [-0.2, 0) is 10.0 Å². The van der Waals surface area contributed by atoms with E-state index in [1.165, 1.54) is 18.2 Å². The molecule has 0 aromatic heterocycles. The maximum absolute atomic E-state index is 13.2. The highest BCUT2D eigenvalue weighted by Crippen LogP contribution is 2.20. The van der Waals surface area contributed by atoms with Gasteiger partial charge in [0.05, 0.1) is 11.5 Å². The SMILES string of the molecule is CCOc1ccc(S(=O)(=O)N[C@@H](C)c2ccc(F)c(F)c2)cc1. The summed E-state index contributed by atoms with van der Waals surface area (Å²) in [5.41, 5.74) is 0.332. The number of nitrogens with one attached hydrogen (secondary N) is 1. The molecule has 0 saturated carbocycles. The zero-order chi connectivity index (χ0) is 17.0. The summed E-state index contributed by atoms with van der Waals surface area (Å²) in [5, 5.41) is 0. The average Bonchev–Trinajstić information content (AvgIpc) is 2.50. The molecule has 0 amide bonds. The predicted molar refractivity (Wildman–Crippen MR) is 82.7 cm³/mol. The monoisotopic (exact) mass is 341 g/mol. The van der Waals surface area contributed by atoms with E-state index in [1.807, 2.05) is 6.92 Å². The van der Waals surface area contributed by atoms with Gasteiger partial charge < -0.3 is 4.74 Å². The van der Waals surface area contributed by atoms with Gasteiger partial charge in [0, 0.05) is 6.04 Å². The van der Waals surface area contributed by atoms with E-state index in [9.17, 15) is 17.2 Å². The zero-order valence-electron chi connectivity index (χ0n) is 12.7. The smallest absolute Gasteiger partial charge is 0.241 e. The van der Waals surface area contributed by atoms with Gasteiger partial charge in [-0.2, -0.15) is 0 Å². The van der Waals surface area contributed by atoms with Gasteiger partial charge in [-0.15, -0.1) is 0 Å². The standard InChI is InChI=1S/C16H17F2NO3S/c1-3-22-13-5-7-14(8-6-13)23(20,21)19-11(2)12-4-9-15(17)16(18)10-12/h4-11,19H,3H2,1-2H3/t11-/m0/s1. The highest BCUT2D eigenvalue weighted by Gasteiger charge is 2.19. The van der Waals surface area contributed by atoms with E-state index < -0.39 is 27.7 Å². The third-order valence-electron chi connectivity index (χ3n) is 3.22. The molecule has 23 heavy (non-hydrogen) atoms. The van der Waals surface area contributed by atoms with Crippen molar-refractivity contribution in [3.63, 3.8) is 0 Å². The molecule has 2 aromatic rings. The lowest BCUT2D eigenvalue weighted by Gasteiger charge is -2.15. The zero-order valence-corrected chi connectivity index (χ0v) is 13.5. The van der Waals surface area contributed by atoms with Gasteiger partial charge in [-0.3, -0.25) is 0 Å². The molecular formula is C16H17F2NO3S. The van der Waals surface area contributed by atoms with Crippen molar-refractivity contribution >= 4 is 10.0 Å². The Balaban J connectivity index is 2.17. The molecule has 0 aliphatic carbocycles. The molecule has 0 aliphatic rings. The molecule has 0 bridgehead atoms. The van der Waals surface area contributed by atoms with Gasteiger partial charge in [0.25, 0.3) is 0 Å². The first-order chi connectivity index (χ1) is 10.8. The van der Waals surface area contributed by atoms with Gasteiger partial charge in [0.2, 0.25) is 10.0 Å². The summed E-state index contributed by atoms with van der Waals surface area (Å²) in [7, 11) is -3.78. The number of benzene rings is 2. The molecule has 4 nitrogen and oxygen atoms in total. The molecule has 0 spiro atoms. The van der Waals surface area contributed by atoms with E-state index in [0.717, 1.165) is 12.1 Å². The highest BCUT2D eigenvalue weighted by atomic mass is 32.2. The predicted octanol–water partition coefficient (Wildman–Crippen LogP) is 3.40. The van der Waals surface area contributed by atoms with Crippen LogP contribution in [0.15, 0.2) is 47.4 Å². The van der Waals surface area contributed by atoms with E-state index in [4.69, 9.17) is 4.74 Å². The first kappa shape index (κ1) is 17.4. The molecule has 0 unspecified atom stereocenters. The second-order valence-corrected chi connectivity index (χ2v) is 6.63. The summed E-state index contributed by atoms with van der Waals surface area (Å²) >= 11 is 0. The van der Waals surface area contributed by atoms with Gasteiger partial charge in [-0.1, -0.05) is 6.07 Å². The van der Waals surface area contributed by atoms with E-state index in [-0.39, 0.29) is 4.90 Å². The Morgan fingerprint density at radius 1 is 1.09 bits per heavy atom. The summed E-state index contributed by atoms with van der Waals surface area (Å²) in [5.74, 6) is -1.43. The fourth-order valence-electron chi connectivity index (χ4n) is 2.03. The average molecular weight is 341 g/mol. The summed E-state index contributed by atoms with van der Waals surface area (Å²) in [6.45, 7) is 3.87. The molecular weight excluding hydrogens is 324 g/mol. The number of rotatable bonds is 6. The maximum Gasteiger partial charge on any atom is 0.241 e. The van der Waals surface area contributed by atoms with Crippen LogP contribution in [0.3, 0.4) is 0 Å². The molecule has 7 heteroatoms. The molecule has 2 rings (SSSR count). The fourth-order valence-corrected chi connectivity index (χ4v) is 3.26. The molecule has 0 saturated heterocycles. The Hall–Kier alpha value is -1.99. The van der Waals surface area contributed by atoms with Gasteiger partial charge in [-0.25, -0.2) is 21.9 Å². The maximum atomic E-state index is 13.2. The van der Waals surface area contributed by atoms with Gasteiger partial charge in [0.15, 0.2) is 11.6 Å².